The van der Waals surface area contributed by atoms with Gasteiger partial charge in [0.1, 0.15) is 11.8 Å². The molecule has 3 unspecified atom stereocenters. The van der Waals surface area contributed by atoms with Gasteiger partial charge in [0.2, 0.25) is 0 Å². The number of carbonyl (C=O) groups excluding carboxylic acids is 2. The van der Waals surface area contributed by atoms with Crippen LogP contribution in [0.15, 0.2) is 18.3 Å². The highest BCUT2D eigenvalue weighted by Crippen LogP contribution is 2.26. The molecule has 0 saturated carbocycles. The maximum atomic E-state index is 12.8. The molecule has 0 radical (unpaired) electrons. The van der Waals surface area contributed by atoms with E-state index >= 15 is 0 Å². The topological polar surface area (TPSA) is 85.5 Å². The molecule has 0 aliphatic carbocycles. The quantitative estimate of drug-likeness (QED) is 0.900. The molecule has 1 aromatic heterocycles. The lowest BCUT2D eigenvalue weighted by Gasteiger charge is -2.31. The normalized spacial score (nSPS) is 22.3. The molecule has 0 aromatic carbocycles. The lowest BCUT2D eigenvalue weighted by Crippen LogP contribution is -2.44. The predicted molar refractivity (Wildman–Crippen MR) is 83.6 cm³/mol. The molecule has 6 nitrogen and oxygen atoms in total. The van der Waals surface area contributed by atoms with Crippen LogP contribution in [0.1, 0.15) is 50.5 Å². The van der Waals surface area contributed by atoms with Gasteiger partial charge in [-0.05, 0) is 45.2 Å². The van der Waals surface area contributed by atoms with E-state index in [4.69, 9.17) is 10.5 Å². The van der Waals surface area contributed by atoms with Gasteiger partial charge in [-0.25, -0.2) is 0 Å². The van der Waals surface area contributed by atoms with Crippen LogP contribution in [0.3, 0.4) is 0 Å². The molecule has 1 aliphatic rings. The van der Waals surface area contributed by atoms with Gasteiger partial charge in [-0.2, -0.15) is 0 Å². The number of rotatable bonds is 5. The van der Waals surface area contributed by atoms with Crippen LogP contribution >= 0.6 is 0 Å². The van der Waals surface area contributed by atoms with Gasteiger partial charge in [0.25, 0.3) is 11.8 Å². The molecule has 0 spiro atoms. The van der Waals surface area contributed by atoms with E-state index in [0.717, 1.165) is 19.3 Å². The van der Waals surface area contributed by atoms with Gasteiger partial charge >= 0.3 is 0 Å². The maximum absolute atomic E-state index is 12.8. The van der Waals surface area contributed by atoms with Gasteiger partial charge in [0, 0.05) is 17.9 Å². The van der Waals surface area contributed by atoms with Crippen molar-refractivity contribution >= 4 is 17.5 Å². The fourth-order valence-corrected chi connectivity index (χ4v) is 2.62. The lowest BCUT2D eigenvalue weighted by atomic mass is 10.1. The van der Waals surface area contributed by atoms with Crippen LogP contribution in [-0.2, 0) is 9.53 Å². The smallest absolute Gasteiger partial charge is 0.267 e. The molecule has 6 heteroatoms. The van der Waals surface area contributed by atoms with Crippen molar-refractivity contribution in [3.05, 3.63) is 24.0 Å². The number of anilines is 1. The van der Waals surface area contributed by atoms with Gasteiger partial charge in [-0.3, -0.25) is 14.6 Å². The second kappa shape index (κ2) is 6.87. The zero-order chi connectivity index (χ0) is 16.3. The minimum atomic E-state index is -0.607. The Hall–Kier alpha value is -1.95. The Morgan fingerprint density at radius 2 is 2.23 bits per heavy atom. The van der Waals surface area contributed by atoms with E-state index in [0.29, 0.717) is 5.69 Å². The molecule has 1 saturated heterocycles. The molecule has 2 amide bonds. The summed E-state index contributed by atoms with van der Waals surface area (Å²) in [6.45, 7) is 5.96. The van der Waals surface area contributed by atoms with E-state index in [1.54, 1.807) is 17.0 Å². The molecule has 1 fully saturated rings. The highest BCUT2D eigenvalue weighted by Gasteiger charge is 2.34. The summed E-state index contributed by atoms with van der Waals surface area (Å²) < 4.78 is 5.70. The fraction of sp³-hybridized carbons (Fsp3) is 0.562. The summed E-state index contributed by atoms with van der Waals surface area (Å²) in [6, 6.07) is 3.27. The van der Waals surface area contributed by atoms with E-state index in [1.165, 1.54) is 6.20 Å². The minimum absolute atomic E-state index is 0.00451. The van der Waals surface area contributed by atoms with Gasteiger partial charge in [-0.15, -0.1) is 0 Å². The Morgan fingerprint density at radius 1 is 1.50 bits per heavy atom. The molecule has 2 heterocycles. The van der Waals surface area contributed by atoms with Crippen molar-refractivity contribution in [2.24, 2.45) is 5.73 Å². The van der Waals surface area contributed by atoms with Crippen molar-refractivity contribution < 1.29 is 14.3 Å². The summed E-state index contributed by atoms with van der Waals surface area (Å²) in [7, 11) is 0. The lowest BCUT2D eigenvalue weighted by molar-refractivity contribution is -0.129. The third-order valence-corrected chi connectivity index (χ3v) is 4.05. The summed E-state index contributed by atoms with van der Waals surface area (Å²) in [5.74, 6) is -0.676. The predicted octanol–water partition coefficient (Wildman–Crippen LogP) is 1.88. The van der Waals surface area contributed by atoms with E-state index in [1.807, 2.05) is 20.8 Å². The number of primary amides is 1. The van der Waals surface area contributed by atoms with E-state index in [-0.39, 0.29) is 23.7 Å². The summed E-state index contributed by atoms with van der Waals surface area (Å²) in [4.78, 5) is 29.8. The number of pyridine rings is 1. The molecule has 2 N–H and O–H groups in total. The summed E-state index contributed by atoms with van der Waals surface area (Å²) in [5.41, 5.74) is 6.06. The average molecular weight is 305 g/mol. The Labute approximate surface area is 130 Å². The maximum Gasteiger partial charge on any atom is 0.267 e. The Morgan fingerprint density at radius 3 is 2.77 bits per heavy atom. The SMILES string of the molecule is CCC(C)N(C(=O)C1CCC(C)O1)c1ccnc(C(N)=O)c1. The zero-order valence-corrected chi connectivity index (χ0v) is 13.3. The third kappa shape index (κ3) is 3.44. The van der Waals surface area contributed by atoms with Crippen molar-refractivity contribution in [1.82, 2.24) is 4.98 Å². The Balaban J connectivity index is 2.32. The molecule has 3 atom stereocenters. The van der Waals surface area contributed by atoms with Crippen molar-refractivity contribution in [2.75, 3.05) is 4.90 Å². The van der Waals surface area contributed by atoms with Crippen molar-refractivity contribution in [3.63, 3.8) is 0 Å². The van der Waals surface area contributed by atoms with Crippen molar-refractivity contribution in [2.45, 2.75) is 58.3 Å². The molecular weight excluding hydrogens is 282 g/mol. The van der Waals surface area contributed by atoms with Crippen molar-refractivity contribution in [1.29, 1.82) is 0 Å². The summed E-state index contributed by atoms with van der Waals surface area (Å²) in [6.07, 6.45) is 3.58. The highest BCUT2D eigenvalue weighted by atomic mass is 16.5. The molecule has 0 bridgehead atoms. The number of hydrogen-bond acceptors (Lipinski definition) is 4. The van der Waals surface area contributed by atoms with Crippen LogP contribution in [0.2, 0.25) is 0 Å². The number of hydrogen-bond donors (Lipinski definition) is 1. The molecule has 1 aromatic rings. The Bertz CT molecular complexity index is 561. The number of aromatic nitrogens is 1. The molecule has 22 heavy (non-hydrogen) atoms. The van der Waals surface area contributed by atoms with Gasteiger partial charge in [0.15, 0.2) is 0 Å². The fourth-order valence-electron chi connectivity index (χ4n) is 2.62. The van der Waals surface area contributed by atoms with Crippen molar-refractivity contribution in [3.8, 4) is 0 Å². The first kappa shape index (κ1) is 16.4. The highest BCUT2D eigenvalue weighted by molar-refractivity contribution is 5.99. The van der Waals surface area contributed by atoms with Crippen LogP contribution < -0.4 is 10.6 Å². The monoisotopic (exact) mass is 305 g/mol. The van der Waals surface area contributed by atoms with E-state index in [9.17, 15) is 9.59 Å². The van der Waals surface area contributed by atoms with Gasteiger partial charge in [-0.1, -0.05) is 6.92 Å². The second-order valence-corrected chi connectivity index (χ2v) is 5.74. The van der Waals surface area contributed by atoms with E-state index < -0.39 is 12.0 Å². The molecular formula is C16H23N3O3. The summed E-state index contributed by atoms with van der Waals surface area (Å²) >= 11 is 0. The molecule has 120 valence electrons. The first-order chi connectivity index (χ1) is 10.4. The first-order valence-corrected chi connectivity index (χ1v) is 7.68. The second-order valence-electron chi connectivity index (χ2n) is 5.74. The van der Waals surface area contributed by atoms with Crippen LogP contribution in [0.5, 0.6) is 0 Å². The number of amides is 2. The Kier molecular flexibility index (Phi) is 5.13. The van der Waals surface area contributed by atoms with Crippen LogP contribution in [0, 0.1) is 0 Å². The minimum Gasteiger partial charge on any atom is -0.365 e. The summed E-state index contributed by atoms with van der Waals surface area (Å²) in [5, 5.41) is 0. The largest absolute Gasteiger partial charge is 0.365 e. The standard InChI is InChI=1S/C16H23N3O3/c1-4-10(2)19(16(21)14-6-5-11(3)22-14)12-7-8-18-13(9-12)15(17)20/h7-11,14H,4-6H2,1-3H3,(H2,17,20). The van der Waals surface area contributed by atoms with E-state index in [2.05, 4.69) is 4.98 Å². The number of carbonyl (C=O) groups is 2. The van der Waals surface area contributed by atoms with Gasteiger partial charge < -0.3 is 15.4 Å². The zero-order valence-electron chi connectivity index (χ0n) is 13.3. The number of nitrogens with two attached hydrogens (primary N) is 1. The van der Waals surface area contributed by atoms with Crippen LogP contribution in [0.25, 0.3) is 0 Å². The number of ether oxygens (including phenoxy) is 1. The average Bonchev–Trinajstić information content (AvgIpc) is 2.94. The molecule has 2 rings (SSSR count). The van der Waals surface area contributed by atoms with Crippen LogP contribution in [-0.4, -0.2) is 35.0 Å². The molecule has 1 aliphatic heterocycles. The number of nitrogens with zero attached hydrogens (tertiary/aromatic N) is 2. The van der Waals surface area contributed by atoms with Crippen LogP contribution in [0.4, 0.5) is 5.69 Å². The third-order valence-electron chi connectivity index (χ3n) is 4.05. The first-order valence-electron chi connectivity index (χ1n) is 7.68. The van der Waals surface area contributed by atoms with Gasteiger partial charge in [0.05, 0.1) is 6.10 Å².